The van der Waals surface area contributed by atoms with Crippen LogP contribution in [0.25, 0.3) is 11.4 Å². The minimum Gasteiger partial charge on any atom is -0.477 e. The van der Waals surface area contributed by atoms with Gasteiger partial charge in [0.2, 0.25) is 11.0 Å². The van der Waals surface area contributed by atoms with Gasteiger partial charge >= 0.3 is 6.18 Å². The van der Waals surface area contributed by atoms with E-state index in [4.69, 9.17) is 4.74 Å². The molecule has 13 heteroatoms. The average molecular weight is 531 g/mol. The second kappa shape index (κ2) is 10.1. The number of carbonyl (C=O) groups is 1. The first-order valence-electron chi connectivity index (χ1n) is 11.1. The third kappa shape index (κ3) is 6.00. The predicted molar refractivity (Wildman–Crippen MR) is 128 cm³/mol. The zero-order valence-electron chi connectivity index (χ0n) is 18.9. The molecule has 1 aliphatic rings. The molecule has 1 amide bonds. The lowest BCUT2D eigenvalue weighted by Gasteiger charge is -2.09. The zero-order chi connectivity index (χ0) is 26.0. The number of nitrogens with zero attached hydrogens (tertiary/aromatic N) is 4. The van der Waals surface area contributed by atoms with Crippen LogP contribution >= 0.6 is 11.5 Å². The SMILES string of the molecule is O=C(Nc1nc(-c2cccc(C(F)(F)F)c2F)ns1)c1ccc(Nc2cc(OCC3CC3)ncn2)cc1. The molecule has 190 valence electrons. The summed E-state index contributed by atoms with van der Waals surface area (Å²) in [6.07, 6.45) is -1.11. The van der Waals surface area contributed by atoms with E-state index in [9.17, 15) is 22.4 Å². The number of hydrogen-bond donors (Lipinski definition) is 2. The van der Waals surface area contributed by atoms with Gasteiger partial charge in [0.15, 0.2) is 5.82 Å². The Morgan fingerprint density at radius 3 is 2.62 bits per heavy atom. The molecule has 5 rings (SSSR count). The summed E-state index contributed by atoms with van der Waals surface area (Å²) in [5.74, 6) is -0.647. The largest absolute Gasteiger partial charge is 0.477 e. The summed E-state index contributed by atoms with van der Waals surface area (Å²) in [4.78, 5) is 24.8. The van der Waals surface area contributed by atoms with Crippen LogP contribution in [0.1, 0.15) is 28.8 Å². The smallest absolute Gasteiger partial charge is 0.419 e. The summed E-state index contributed by atoms with van der Waals surface area (Å²) in [6.45, 7) is 0.630. The molecule has 2 N–H and O–H groups in total. The lowest BCUT2D eigenvalue weighted by molar-refractivity contribution is -0.139. The van der Waals surface area contributed by atoms with Crippen molar-refractivity contribution in [2.45, 2.75) is 19.0 Å². The maximum atomic E-state index is 14.4. The maximum Gasteiger partial charge on any atom is 0.419 e. The third-order valence-corrected chi connectivity index (χ3v) is 6.05. The Labute approximate surface area is 211 Å². The monoisotopic (exact) mass is 530 g/mol. The van der Waals surface area contributed by atoms with E-state index in [-0.39, 0.29) is 11.0 Å². The first-order chi connectivity index (χ1) is 17.8. The highest BCUT2D eigenvalue weighted by molar-refractivity contribution is 7.10. The van der Waals surface area contributed by atoms with Crippen molar-refractivity contribution in [2.75, 3.05) is 17.2 Å². The van der Waals surface area contributed by atoms with Crippen LogP contribution in [0.2, 0.25) is 0 Å². The molecule has 37 heavy (non-hydrogen) atoms. The lowest BCUT2D eigenvalue weighted by Crippen LogP contribution is -2.11. The van der Waals surface area contributed by atoms with E-state index in [0.29, 0.717) is 41.5 Å². The Balaban J connectivity index is 1.22. The number of amides is 1. The van der Waals surface area contributed by atoms with Gasteiger partial charge in [-0.05, 0) is 55.2 Å². The molecular formula is C24H18F4N6O2S. The molecule has 2 heterocycles. The van der Waals surface area contributed by atoms with Gasteiger partial charge in [0.25, 0.3) is 5.91 Å². The Hall–Kier alpha value is -4.13. The number of nitrogens with one attached hydrogen (secondary N) is 2. The van der Waals surface area contributed by atoms with Gasteiger partial charge < -0.3 is 10.1 Å². The van der Waals surface area contributed by atoms with Crippen molar-refractivity contribution in [3.05, 3.63) is 71.8 Å². The number of anilines is 3. The minimum atomic E-state index is -4.85. The number of halogens is 4. The number of rotatable bonds is 8. The Morgan fingerprint density at radius 1 is 1.11 bits per heavy atom. The topological polar surface area (TPSA) is 102 Å². The molecule has 0 bridgehead atoms. The summed E-state index contributed by atoms with van der Waals surface area (Å²) in [5, 5.41) is 5.64. The van der Waals surface area contributed by atoms with Gasteiger partial charge in [-0.1, -0.05) is 6.07 Å². The molecule has 1 fully saturated rings. The molecule has 0 spiro atoms. The Kier molecular flexibility index (Phi) is 6.70. The zero-order valence-corrected chi connectivity index (χ0v) is 19.7. The van der Waals surface area contributed by atoms with Gasteiger partial charge in [0, 0.05) is 28.8 Å². The number of benzene rings is 2. The highest BCUT2D eigenvalue weighted by atomic mass is 32.1. The number of ether oxygens (including phenoxy) is 1. The van der Waals surface area contributed by atoms with Gasteiger partial charge in [-0.3, -0.25) is 10.1 Å². The van der Waals surface area contributed by atoms with E-state index in [0.717, 1.165) is 23.7 Å². The molecule has 4 aromatic rings. The third-order valence-electron chi connectivity index (χ3n) is 5.42. The molecule has 0 saturated heterocycles. The highest BCUT2D eigenvalue weighted by Gasteiger charge is 2.35. The summed E-state index contributed by atoms with van der Waals surface area (Å²) in [5.41, 5.74) is -0.860. The second-order valence-corrected chi connectivity index (χ2v) is 8.99. The van der Waals surface area contributed by atoms with Crippen LogP contribution in [-0.4, -0.2) is 31.8 Å². The van der Waals surface area contributed by atoms with Crippen LogP contribution in [0.3, 0.4) is 0 Å². The van der Waals surface area contributed by atoms with Crippen molar-refractivity contribution in [1.82, 2.24) is 19.3 Å². The van der Waals surface area contributed by atoms with E-state index < -0.39 is 29.0 Å². The summed E-state index contributed by atoms with van der Waals surface area (Å²) < 4.78 is 62.9. The summed E-state index contributed by atoms with van der Waals surface area (Å²) >= 11 is 0.726. The number of alkyl halides is 3. The molecule has 0 atom stereocenters. The van der Waals surface area contributed by atoms with Crippen molar-refractivity contribution in [3.8, 4) is 17.3 Å². The number of hydrogen-bond acceptors (Lipinski definition) is 8. The molecule has 2 aromatic heterocycles. The fraction of sp³-hybridized carbons (Fsp3) is 0.208. The number of aromatic nitrogens is 4. The van der Waals surface area contributed by atoms with Crippen molar-refractivity contribution in [1.29, 1.82) is 0 Å². The summed E-state index contributed by atoms with van der Waals surface area (Å²) in [6, 6.07) is 11.0. The Morgan fingerprint density at radius 2 is 1.89 bits per heavy atom. The van der Waals surface area contributed by atoms with Crippen LogP contribution in [0, 0.1) is 11.7 Å². The normalized spacial score (nSPS) is 13.3. The molecule has 2 aromatic carbocycles. The molecule has 0 radical (unpaired) electrons. The second-order valence-electron chi connectivity index (χ2n) is 8.24. The molecule has 1 aliphatic carbocycles. The van der Waals surface area contributed by atoms with Crippen molar-refractivity contribution in [2.24, 2.45) is 5.92 Å². The number of carbonyl (C=O) groups excluding carboxylic acids is 1. The summed E-state index contributed by atoms with van der Waals surface area (Å²) in [7, 11) is 0. The van der Waals surface area contributed by atoms with Gasteiger partial charge in [-0.25, -0.2) is 14.4 Å². The van der Waals surface area contributed by atoms with Crippen molar-refractivity contribution < 1.29 is 27.1 Å². The Bertz CT molecular complexity index is 1420. The first-order valence-corrected chi connectivity index (χ1v) is 11.9. The molecular weight excluding hydrogens is 512 g/mol. The minimum absolute atomic E-state index is 0.0127. The first kappa shape index (κ1) is 24.6. The van der Waals surface area contributed by atoms with Crippen LogP contribution < -0.4 is 15.4 Å². The molecule has 8 nitrogen and oxygen atoms in total. The molecule has 0 aliphatic heterocycles. The fourth-order valence-electron chi connectivity index (χ4n) is 3.30. The van der Waals surface area contributed by atoms with E-state index in [1.54, 1.807) is 30.3 Å². The van der Waals surface area contributed by atoms with Gasteiger partial charge in [-0.15, -0.1) is 0 Å². The lowest BCUT2D eigenvalue weighted by atomic mass is 10.1. The van der Waals surface area contributed by atoms with E-state index >= 15 is 0 Å². The van der Waals surface area contributed by atoms with Crippen LogP contribution in [-0.2, 0) is 6.18 Å². The van der Waals surface area contributed by atoms with Crippen LogP contribution in [0.5, 0.6) is 5.88 Å². The van der Waals surface area contributed by atoms with Gasteiger partial charge in [0.1, 0.15) is 18.0 Å². The van der Waals surface area contributed by atoms with E-state index in [1.165, 1.54) is 19.2 Å². The fourth-order valence-corrected chi connectivity index (χ4v) is 3.88. The molecule has 1 saturated carbocycles. The van der Waals surface area contributed by atoms with Gasteiger partial charge in [-0.2, -0.15) is 22.5 Å². The van der Waals surface area contributed by atoms with E-state index in [1.807, 2.05) is 0 Å². The van der Waals surface area contributed by atoms with Crippen LogP contribution in [0.4, 0.5) is 34.2 Å². The molecule has 0 unspecified atom stereocenters. The quantitative estimate of drug-likeness (QED) is 0.272. The maximum absolute atomic E-state index is 14.4. The van der Waals surface area contributed by atoms with Crippen molar-refractivity contribution >= 4 is 34.1 Å². The van der Waals surface area contributed by atoms with Gasteiger partial charge in [0.05, 0.1) is 17.7 Å². The standard InChI is InChI=1S/C24H18F4N6O2S/c25-20-16(2-1-3-17(20)24(26,27)28)21-32-23(37-34-21)33-22(35)14-6-8-15(9-7-14)31-18-10-19(30-12-29-18)36-11-13-4-5-13/h1-3,6-10,12-13H,4-5,11H2,(H,29,30,31)(H,32,33,34,35). The predicted octanol–water partition coefficient (Wildman–Crippen LogP) is 5.94. The average Bonchev–Trinajstić information content (AvgIpc) is 3.59. The van der Waals surface area contributed by atoms with Crippen molar-refractivity contribution in [3.63, 3.8) is 0 Å². The van der Waals surface area contributed by atoms with E-state index in [2.05, 4.69) is 30.0 Å². The highest BCUT2D eigenvalue weighted by Crippen LogP contribution is 2.35. The van der Waals surface area contributed by atoms with Crippen LogP contribution in [0.15, 0.2) is 54.9 Å².